The molecule has 0 heterocycles. The highest BCUT2D eigenvalue weighted by atomic mass is 79.9. The fraction of sp³-hybridized carbons (Fsp3) is 0.571. The molecule has 2 nitrogen and oxygen atoms in total. The van der Waals surface area contributed by atoms with E-state index in [1.54, 1.807) is 7.11 Å². The molecule has 1 unspecified atom stereocenters. The minimum Gasteiger partial charge on any atom is -0.379 e. The first-order chi connectivity index (χ1) is 7.85. The van der Waals surface area contributed by atoms with Gasteiger partial charge < -0.3 is 10.5 Å². The molecule has 0 saturated carbocycles. The van der Waals surface area contributed by atoms with Crippen LogP contribution in [-0.4, -0.2) is 12.7 Å². The van der Waals surface area contributed by atoms with Crippen molar-refractivity contribution in [2.24, 2.45) is 5.73 Å². The van der Waals surface area contributed by atoms with Gasteiger partial charge in [-0.1, -0.05) is 22.0 Å². The SMILES string of the molecule is COC(C)(C)CCC(N)c1ccc(Br)cc1C. The van der Waals surface area contributed by atoms with Crippen molar-refractivity contribution in [1.82, 2.24) is 0 Å². The van der Waals surface area contributed by atoms with E-state index in [1.807, 2.05) is 6.07 Å². The molecule has 0 bridgehead atoms. The Labute approximate surface area is 113 Å². The molecule has 0 radical (unpaired) electrons. The number of nitrogens with two attached hydrogens (primary N) is 1. The van der Waals surface area contributed by atoms with Crippen molar-refractivity contribution in [3.8, 4) is 0 Å². The highest BCUT2D eigenvalue weighted by molar-refractivity contribution is 9.10. The molecule has 0 spiro atoms. The molecule has 3 heteroatoms. The normalized spacial score (nSPS) is 13.8. The number of benzene rings is 1. The third-order valence-electron chi connectivity index (χ3n) is 3.24. The summed E-state index contributed by atoms with van der Waals surface area (Å²) in [5.41, 5.74) is 8.60. The van der Waals surface area contributed by atoms with Gasteiger partial charge in [-0.2, -0.15) is 0 Å². The van der Waals surface area contributed by atoms with Crippen molar-refractivity contribution in [2.45, 2.75) is 45.3 Å². The number of aryl methyl sites for hydroxylation is 1. The summed E-state index contributed by atoms with van der Waals surface area (Å²) >= 11 is 3.47. The maximum atomic E-state index is 6.24. The van der Waals surface area contributed by atoms with Crippen LogP contribution >= 0.6 is 15.9 Å². The van der Waals surface area contributed by atoms with Crippen molar-refractivity contribution in [3.05, 3.63) is 33.8 Å². The average molecular weight is 300 g/mol. The minimum atomic E-state index is -0.0963. The summed E-state index contributed by atoms with van der Waals surface area (Å²) in [5.74, 6) is 0. The van der Waals surface area contributed by atoms with Gasteiger partial charge in [0.1, 0.15) is 0 Å². The largest absolute Gasteiger partial charge is 0.379 e. The van der Waals surface area contributed by atoms with E-state index in [2.05, 4.69) is 48.8 Å². The van der Waals surface area contributed by atoms with Gasteiger partial charge in [-0.25, -0.2) is 0 Å². The summed E-state index contributed by atoms with van der Waals surface area (Å²) in [5, 5.41) is 0. The molecular formula is C14H22BrNO. The number of ether oxygens (including phenoxy) is 1. The van der Waals surface area contributed by atoms with Gasteiger partial charge in [0.25, 0.3) is 0 Å². The Morgan fingerprint density at radius 3 is 2.59 bits per heavy atom. The van der Waals surface area contributed by atoms with Crippen molar-refractivity contribution in [3.63, 3.8) is 0 Å². The van der Waals surface area contributed by atoms with Crippen LogP contribution in [0.4, 0.5) is 0 Å². The first-order valence-corrected chi connectivity index (χ1v) is 6.72. The Balaban J connectivity index is 2.67. The van der Waals surface area contributed by atoms with Gasteiger partial charge >= 0.3 is 0 Å². The molecule has 0 aromatic heterocycles. The van der Waals surface area contributed by atoms with Crippen molar-refractivity contribution >= 4 is 15.9 Å². The van der Waals surface area contributed by atoms with E-state index in [-0.39, 0.29) is 11.6 Å². The molecule has 0 amide bonds. The number of halogens is 1. The first kappa shape index (κ1) is 14.7. The van der Waals surface area contributed by atoms with E-state index in [1.165, 1.54) is 11.1 Å². The molecule has 1 aromatic carbocycles. The molecule has 1 aromatic rings. The Hall–Kier alpha value is -0.380. The lowest BCUT2D eigenvalue weighted by molar-refractivity contribution is 0.0125. The zero-order valence-electron chi connectivity index (χ0n) is 11.1. The predicted octanol–water partition coefficient (Wildman–Crippen LogP) is 3.96. The molecular weight excluding hydrogens is 278 g/mol. The number of hydrogen-bond acceptors (Lipinski definition) is 2. The molecule has 0 aliphatic rings. The zero-order chi connectivity index (χ0) is 13.1. The number of methoxy groups -OCH3 is 1. The second-order valence-corrected chi connectivity index (χ2v) is 6.03. The minimum absolute atomic E-state index is 0.0810. The Kier molecular flexibility index (Phi) is 5.17. The summed E-state index contributed by atoms with van der Waals surface area (Å²) < 4.78 is 6.51. The average Bonchev–Trinajstić information content (AvgIpc) is 2.26. The van der Waals surface area contributed by atoms with E-state index < -0.39 is 0 Å². The van der Waals surface area contributed by atoms with E-state index in [9.17, 15) is 0 Å². The zero-order valence-corrected chi connectivity index (χ0v) is 12.7. The van der Waals surface area contributed by atoms with Crippen LogP contribution in [0.25, 0.3) is 0 Å². The highest BCUT2D eigenvalue weighted by Crippen LogP contribution is 2.26. The molecule has 0 aliphatic heterocycles. The lowest BCUT2D eigenvalue weighted by Crippen LogP contribution is -2.24. The van der Waals surface area contributed by atoms with Gasteiger partial charge in [-0.3, -0.25) is 0 Å². The van der Waals surface area contributed by atoms with Crippen LogP contribution in [0.3, 0.4) is 0 Å². The summed E-state index contributed by atoms with van der Waals surface area (Å²) in [6.45, 7) is 6.28. The molecule has 0 fully saturated rings. The van der Waals surface area contributed by atoms with Crippen LogP contribution in [0.15, 0.2) is 22.7 Å². The lowest BCUT2D eigenvalue weighted by Gasteiger charge is -2.25. The van der Waals surface area contributed by atoms with Crippen LogP contribution < -0.4 is 5.73 Å². The molecule has 1 atom stereocenters. The Morgan fingerprint density at radius 1 is 1.41 bits per heavy atom. The topological polar surface area (TPSA) is 35.2 Å². The fourth-order valence-corrected chi connectivity index (χ4v) is 2.29. The van der Waals surface area contributed by atoms with Crippen LogP contribution in [0.1, 0.15) is 43.9 Å². The summed E-state index contributed by atoms with van der Waals surface area (Å²) in [6.07, 6.45) is 1.89. The smallest absolute Gasteiger partial charge is 0.0623 e. The van der Waals surface area contributed by atoms with Gasteiger partial charge in [0, 0.05) is 17.6 Å². The predicted molar refractivity (Wildman–Crippen MR) is 76.1 cm³/mol. The quantitative estimate of drug-likeness (QED) is 0.893. The Morgan fingerprint density at radius 2 is 2.06 bits per heavy atom. The van der Waals surface area contributed by atoms with Crippen LogP contribution in [0, 0.1) is 6.92 Å². The molecule has 0 saturated heterocycles. The number of rotatable bonds is 5. The molecule has 0 aliphatic carbocycles. The van der Waals surface area contributed by atoms with Gasteiger partial charge in [0.15, 0.2) is 0 Å². The maximum absolute atomic E-state index is 6.24. The van der Waals surface area contributed by atoms with Crippen molar-refractivity contribution < 1.29 is 4.74 Å². The summed E-state index contributed by atoms with van der Waals surface area (Å²) in [4.78, 5) is 0. The van der Waals surface area contributed by atoms with E-state index in [0.29, 0.717) is 0 Å². The fourth-order valence-electron chi connectivity index (χ4n) is 1.82. The van der Waals surface area contributed by atoms with E-state index >= 15 is 0 Å². The lowest BCUT2D eigenvalue weighted by atomic mass is 9.93. The highest BCUT2D eigenvalue weighted by Gasteiger charge is 2.19. The monoisotopic (exact) mass is 299 g/mol. The van der Waals surface area contributed by atoms with Gasteiger partial charge in [-0.05, 0) is 56.9 Å². The summed E-state index contributed by atoms with van der Waals surface area (Å²) in [7, 11) is 1.75. The Bertz CT molecular complexity index is 376. The van der Waals surface area contributed by atoms with Crippen LogP contribution in [0.5, 0.6) is 0 Å². The molecule has 1 rings (SSSR count). The van der Waals surface area contributed by atoms with E-state index in [0.717, 1.165) is 17.3 Å². The standard InChI is InChI=1S/C14H22BrNO/c1-10-9-11(15)5-6-12(10)13(16)7-8-14(2,3)17-4/h5-6,9,13H,7-8,16H2,1-4H3. The molecule has 96 valence electrons. The summed E-state index contributed by atoms with van der Waals surface area (Å²) in [6, 6.07) is 6.34. The third-order valence-corrected chi connectivity index (χ3v) is 3.73. The van der Waals surface area contributed by atoms with Crippen molar-refractivity contribution in [2.75, 3.05) is 7.11 Å². The third kappa shape index (κ3) is 4.41. The van der Waals surface area contributed by atoms with Gasteiger partial charge in [0.05, 0.1) is 5.60 Å². The van der Waals surface area contributed by atoms with Gasteiger partial charge in [0.2, 0.25) is 0 Å². The van der Waals surface area contributed by atoms with Gasteiger partial charge in [-0.15, -0.1) is 0 Å². The second-order valence-electron chi connectivity index (χ2n) is 5.11. The van der Waals surface area contributed by atoms with Crippen LogP contribution in [0.2, 0.25) is 0 Å². The maximum Gasteiger partial charge on any atom is 0.0623 e. The first-order valence-electron chi connectivity index (χ1n) is 5.92. The molecule has 17 heavy (non-hydrogen) atoms. The van der Waals surface area contributed by atoms with Crippen LogP contribution in [-0.2, 0) is 4.74 Å². The number of hydrogen-bond donors (Lipinski definition) is 1. The molecule has 2 N–H and O–H groups in total. The van der Waals surface area contributed by atoms with E-state index in [4.69, 9.17) is 10.5 Å². The second kappa shape index (κ2) is 5.98. The van der Waals surface area contributed by atoms with Crippen molar-refractivity contribution in [1.29, 1.82) is 0 Å².